The molecule has 3 N–H and O–H groups in total. The molecule has 1 fully saturated rings. The molecule has 2 heterocycles. The maximum Gasteiger partial charge on any atom is 0.253 e. The lowest BCUT2D eigenvalue weighted by Crippen LogP contribution is -2.53. The molecule has 0 bridgehead atoms. The lowest BCUT2D eigenvalue weighted by Gasteiger charge is -2.39. The summed E-state index contributed by atoms with van der Waals surface area (Å²) in [6, 6.07) is 10.4. The molecule has 0 radical (unpaired) electrons. The fourth-order valence-electron chi connectivity index (χ4n) is 4.66. The Bertz CT molecular complexity index is 1120. The van der Waals surface area contributed by atoms with Gasteiger partial charge in [0.2, 0.25) is 0 Å². The van der Waals surface area contributed by atoms with Gasteiger partial charge in [-0.15, -0.1) is 0 Å². The van der Waals surface area contributed by atoms with Crippen LogP contribution in [0.4, 0.5) is 5.69 Å². The van der Waals surface area contributed by atoms with Gasteiger partial charge >= 0.3 is 0 Å². The minimum absolute atomic E-state index is 0.110. The Labute approximate surface area is 196 Å². The average Bonchev–Trinajstić information content (AvgIpc) is 3.05. The topological polar surface area (TPSA) is 69.4 Å². The van der Waals surface area contributed by atoms with E-state index in [0.29, 0.717) is 12.5 Å². The number of rotatable bonds is 9. The summed E-state index contributed by atoms with van der Waals surface area (Å²) < 4.78 is 5.08. The first-order chi connectivity index (χ1) is 15.9. The van der Waals surface area contributed by atoms with Crippen molar-refractivity contribution in [2.75, 3.05) is 45.2 Å². The number of amides is 1. The SMILES string of the molecule is COCCNCC1CN(C(=O)c2cc(NCc3c(C)cccc3C)c3[nH]c(C)c(C)c3c2)C1. The van der Waals surface area contributed by atoms with E-state index in [1.807, 2.05) is 17.0 Å². The van der Waals surface area contributed by atoms with Crippen molar-refractivity contribution in [3.05, 3.63) is 63.8 Å². The summed E-state index contributed by atoms with van der Waals surface area (Å²) in [5, 5.41) is 8.13. The molecule has 33 heavy (non-hydrogen) atoms. The fourth-order valence-corrected chi connectivity index (χ4v) is 4.66. The quantitative estimate of drug-likeness (QED) is 0.427. The summed E-state index contributed by atoms with van der Waals surface area (Å²) in [6.07, 6.45) is 0. The second-order valence-electron chi connectivity index (χ2n) is 9.32. The number of H-pyrrole nitrogens is 1. The van der Waals surface area contributed by atoms with Gasteiger partial charge in [0.1, 0.15) is 0 Å². The van der Waals surface area contributed by atoms with Crippen molar-refractivity contribution in [3.63, 3.8) is 0 Å². The second kappa shape index (κ2) is 9.98. The molecule has 1 saturated heterocycles. The second-order valence-corrected chi connectivity index (χ2v) is 9.32. The molecule has 2 aromatic carbocycles. The number of ether oxygens (including phenoxy) is 1. The van der Waals surface area contributed by atoms with E-state index >= 15 is 0 Å². The van der Waals surface area contributed by atoms with Crippen molar-refractivity contribution in [2.45, 2.75) is 34.2 Å². The predicted octanol–water partition coefficient (Wildman–Crippen LogP) is 4.32. The number of carbonyl (C=O) groups is 1. The number of nitrogens with one attached hydrogen (secondary N) is 3. The fraction of sp³-hybridized carbons (Fsp3) is 0.444. The summed E-state index contributed by atoms with van der Waals surface area (Å²) in [7, 11) is 1.71. The van der Waals surface area contributed by atoms with Gasteiger partial charge in [0.25, 0.3) is 5.91 Å². The Hall–Kier alpha value is -2.83. The standard InChI is InChI=1S/C27H36N4O2/c1-17-7-6-8-18(2)24(17)14-29-25-12-22(11-23-19(3)20(4)30-26(23)25)27(32)31-15-21(16-31)13-28-9-10-33-5/h6-8,11-12,21,28-30H,9-10,13-16H2,1-5H3. The van der Waals surface area contributed by atoms with Crippen molar-refractivity contribution in [1.29, 1.82) is 0 Å². The zero-order chi connectivity index (χ0) is 23.5. The smallest absolute Gasteiger partial charge is 0.253 e. The van der Waals surface area contributed by atoms with Crippen LogP contribution in [-0.2, 0) is 11.3 Å². The maximum atomic E-state index is 13.3. The van der Waals surface area contributed by atoms with Crippen LogP contribution in [0.2, 0.25) is 0 Å². The maximum absolute atomic E-state index is 13.3. The van der Waals surface area contributed by atoms with Gasteiger partial charge in [-0.3, -0.25) is 4.79 Å². The van der Waals surface area contributed by atoms with Crippen LogP contribution in [-0.4, -0.2) is 55.7 Å². The Morgan fingerprint density at radius 1 is 1.15 bits per heavy atom. The van der Waals surface area contributed by atoms with Crippen LogP contribution in [0.15, 0.2) is 30.3 Å². The number of fused-ring (bicyclic) bond motifs is 1. The minimum Gasteiger partial charge on any atom is -0.383 e. The van der Waals surface area contributed by atoms with E-state index in [1.54, 1.807) is 7.11 Å². The number of aryl methyl sites for hydroxylation is 4. The first kappa shape index (κ1) is 23.3. The van der Waals surface area contributed by atoms with Gasteiger partial charge in [0.15, 0.2) is 0 Å². The highest BCUT2D eigenvalue weighted by molar-refractivity contribution is 6.04. The lowest BCUT2D eigenvalue weighted by molar-refractivity contribution is 0.0498. The molecule has 3 aromatic rings. The van der Waals surface area contributed by atoms with Crippen molar-refractivity contribution in [1.82, 2.24) is 15.2 Å². The molecule has 1 aliphatic rings. The highest BCUT2D eigenvalue weighted by Gasteiger charge is 2.31. The van der Waals surface area contributed by atoms with Gasteiger partial charge in [-0.25, -0.2) is 0 Å². The van der Waals surface area contributed by atoms with Crippen LogP contribution in [0, 0.1) is 33.6 Å². The van der Waals surface area contributed by atoms with E-state index in [4.69, 9.17) is 4.74 Å². The van der Waals surface area contributed by atoms with E-state index in [9.17, 15) is 4.79 Å². The van der Waals surface area contributed by atoms with E-state index in [-0.39, 0.29) is 5.91 Å². The highest BCUT2D eigenvalue weighted by Crippen LogP contribution is 2.31. The molecule has 176 valence electrons. The van der Waals surface area contributed by atoms with Crippen LogP contribution in [0.3, 0.4) is 0 Å². The normalized spacial score (nSPS) is 14.0. The molecule has 1 amide bonds. The summed E-state index contributed by atoms with van der Waals surface area (Å²) in [5.41, 5.74) is 8.97. The highest BCUT2D eigenvalue weighted by atomic mass is 16.5. The summed E-state index contributed by atoms with van der Waals surface area (Å²) in [4.78, 5) is 18.8. The zero-order valence-corrected chi connectivity index (χ0v) is 20.5. The van der Waals surface area contributed by atoms with Gasteiger partial charge in [-0.05, 0) is 62.1 Å². The van der Waals surface area contributed by atoms with Crippen LogP contribution in [0.5, 0.6) is 0 Å². The molecular weight excluding hydrogens is 412 g/mol. The lowest BCUT2D eigenvalue weighted by atomic mass is 9.97. The molecule has 6 heteroatoms. The number of hydrogen-bond donors (Lipinski definition) is 3. The molecule has 1 aromatic heterocycles. The molecular formula is C27H36N4O2. The van der Waals surface area contributed by atoms with E-state index in [1.165, 1.54) is 22.3 Å². The first-order valence-corrected chi connectivity index (χ1v) is 11.8. The predicted molar refractivity (Wildman–Crippen MR) is 135 cm³/mol. The zero-order valence-electron chi connectivity index (χ0n) is 20.5. The van der Waals surface area contributed by atoms with Crippen LogP contribution < -0.4 is 10.6 Å². The largest absolute Gasteiger partial charge is 0.383 e. The van der Waals surface area contributed by atoms with Gasteiger partial charge < -0.3 is 25.3 Å². The molecule has 0 atom stereocenters. The van der Waals surface area contributed by atoms with Crippen molar-refractivity contribution >= 4 is 22.5 Å². The van der Waals surface area contributed by atoms with Crippen LogP contribution in [0.1, 0.15) is 38.3 Å². The summed E-state index contributed by atoms with van der Waals surface area (Å²) >= 11 is 0. The number of nitrogens with zero attached hydrogens (tertiary/aromatic N) is 1. The van der Waals surface area contributed by atoms with Crippen LogP contribution >= 0.6 is 0 Å². The van der Waals surface area contributed by atoms with Crippen molar-refractivity contribution in [3.8, 4) is 0 Å². The van der Waals surface area contributed by atoms with Gasteiger partial charge in [0, 0.05) is 62.4 Å². The van der Waals surface area contributed by atoms with Gasteiger partial charge in [0.05, 0.1) is 17.8 Å². The van der Waals surface area contributed by atoms with E-state index in [2.05, 4.69) is 61.5 Å². The molecule has 0 unspecified atom stereocenters. The number of anilines is 1. The molecule has 4 rings (SSSR count). The third-order valence-corrected chi connectivity index (χ3v) is 6.92. The minimum atomic E-state index is 0.110. The number of aromatic nitrogens is 1. The molecule has 0 spiro atoms. The summed E-state index contributed by atoms with van der Waals surface area (Å²) in [6.45, 7) is 13.3. The Balaban J connectivity index is 1.52. The third-order valence-electron chi connectivity index (χ3n) is 6.92. The monoisotopic (exact) mass is 448 g/mol. The number of methoxy groups -OCH3 is 1. The summed E-state index contributed by atoms with van der Waals surface area (Å²) in [5.74, 6) is 0.616. The van der Waals surface area contributed by atoms with Crippen LogP contribution in [0.25, 0.3) is 10.9 Å². The molecule has 1 aliphatic heterocycles. The Kier molecular flexibility index (Phi) is 7.05. The van der Waals surface area contributed by atoms with Crippen molar-refractivity contribution < 1.29 is 9.53 Å². The molecule has 0 aliphatic carbocycles. The third kappa shape index (κ3) is 4.92. The first-order valence-electron chi connectivity index (χ1n) is 11.8. The number of aromatic amines is 1. The van der Waals surface area contributed by atoms with Crippen molar-refractivity contribution in [2.24, 2.45) is 5.92 Å². The average molecular weight is 449 g/mol. The Morgan fingerprint density at radius 3 is 2.58 bits per heavy atom. The number of benzene rings is 2. The van der Waals surface area contributed by atoms with Gasteiger partial charge in [-0.1, -0.05) is 18.2 Å². The Morgan fingerprint density at radius 2 is 1.88 bits per heavy atom. The molecule has 6 nitrogen and oxygen atoms in total. The number of likely N-dealkylation sites (tertiary alicyclic amines) is 1. The molecule has 0 saturated carbocycles. The van der Waals surface area contributed by atoms with Gasteiger partial charge in [-0.2, -0.15) is 0 Å². The number of hydrogen-bond acceptors (Lipinski definition) is 4. The number of carbonyl (C=O) groups excluding carboxylic acids is 1. The van der Waals surface area contributed by atoms with E-state index < -0.39 is 0 Å². The van der Waals surface area contributed by atoms with E-state index in [0.717, 1.165) is 60.6 Å².